The van der Waals surface area contributed by atoms with E-state index in [0.717, 1.165) is 18.4 Å². The molecule has 22 heavy (non-hydrogen) atoms. The quantitative estimate of drug-likeness (QED) is 0.882. The molecule has 1 amide bonds. The highest BCUT2D eigenvalue weighted by Gasteiger charge is 2.15. The van der Waals surface area contributed by atoms with Crippen molar-refractivity contribution < 1.29 is 4.79 Å². The highest BCUT2D eigenvalue weighted by Crippen LogP contribution is 2.19. The molecule has 0 saturated heterocycles. The van der Waals surface area contributed by atoms with Crippen molar-refractivity contribution in [3.8, 4) is 11.4 Å². The first-order valence-electron chi connectivity index (χ1n) is 7.36. The smallest absolute Gasteiger partial charge is 0.245 e. The lowest BCUT2D eigenvalue weighted by Gasteiger charge is -2.08. The van der Waals surface area contributed by atoms with E-state index in [1.54, 1.807) is 24.7 Å². The van der Waals surface area contributed by atoms with E-state index in [9.17, 15) is 4.79 Å². The summed E-state index contributed by atoms with van der Waals surface area (Å²) < 4.78 is 1.52. The Morgan fingerprint density at radius 2 is 2.18 bits per heavy atom. The van der Waals surface area contributed by atoms with Gasteiger partial charge in [-0.15, -0.1) is 5.10 Å². The van der Waals surface area contributed by atoms with Gasteiger partial charge in [0.1, 0.15) is 6.33 Å². The summed E-state index contributed by atoms with van der Waals surface area (Å²) in [5.41, 5.74) is 0.843. The van der Waals surface area contributed by atoms with Crippen molar-refractivity contribution in [3.63, 3.8) is 0 Å². The molecular weight excluding hydrogens is 300 g/mol. The van der Waals surface area contributed by atoms with Gasteiger partial charge in [-0.05, 0) is 25.0 Å². The van der Waals surface area contributed by atoms with Gasteiger partial charge in [-0.2, -0.15) is 0 Å². The zero-order chi connectivity index (χ0) is 15.4. The van der Waals surface area contributed by atoms with Crippen LogP contribution in [0.3, 0.4) is 0 Å². The van der Waals surface area contributed by atoms with Crippen LogP contribution in [-0.4, -0.2) is 26.7 Å². The number of hydrogen-bond acceptors (Lipinski definition) is 3. The summed E-state index contributed by atoms with van der Waals surface area (Å²) in [6.45, 7) is 0. The van der Waals surface area contributed by atoms with Crippen molar-refractivity contribution in [2.24, 2.45) is 0 Å². The Kier molecular flexibility index (Phi) is 4.53. The molecule has 1 aliphatic rings. The minimum atomic E-state index is -0.0910. The highest BCUT2D eigenvalue weighted by molar-refractivity contribution is 6.30. The molecule has 0 aliphatic heterocycles. The fraction of sp³-hybridized carbons (Fsp3) is 0.312. The fourth-order valence-corrected chi connectivity index (χ4v) is 2.76. The standard InChI is InChI=1S/C16H17ClN4O/c17-13-5-3-4-12(10-13)16-18-11-21(20-16)9-8-15(22)19-14-6-1-2-7-14/h3-5,8-11,14H,1-2,6-7H2,(H,19,22). The lowest BCUT2D eigenvalue weighted by molar-refractivity contribution is -0.117. The van der Waals surface area contributed by atoms with E-state index in [4.69, 9.17) is 11.6 Å². The van der Waals surface area contributed by atoms with Crippen molar-refractivity contribution >= 4 is 23.7 Å². The molecule has 0 spiro atoms. The normalized spacial score (nSPS) is 15.5. The van der Waals surface area contributed by atoms with E-state index in [1.807, 2.05) is 12.1 Å². The number of carbonyl (C=O) groups is 1. The van der Waals surface area contributed by atoms with Gasteiger partial charge in [-0.1, -0.05) is 36.6 Å². The molecule has 0 radical (unpaired) electrons. The van der Waals surface area contributed by atoms with Gasteiger partial charge < -0.3 is 5.32 Å². The molecule has 1 N–H and O–H groups in total. The maximum Gasteiger partial charge on any atom is 0.245 e. The Morgan fingerprint density at radius 1 is 1.36 bits per heavy atom. The molecule has 1 aliphatic carbocycles. The first kappa shape index (κ1) is 14.8. The summed E-state index contributed by atoms with van der Waals surface area (Å²) in [6.07, 6.45) is 9.18. The maximum atomic E-state index is 11.8. The number of aromatic nitrogens is 3. The second kappa shape index (κ2) is 6.75. The van der Waals surface area contributed by atoms with Crippen molar-refractivity contribution in [1.29, 1.82) is 0 Å². The Hall–Kier alpha value is -2.14. The molecule has 1 saturated carbocycles. The first-order chi connectivity index (χ1) is 10.7. The van der Waals surface area contributed by atoms with Crippen LogP contribution in [0.2, 0.25) is 5.02 Å². The molecule has 2 aromatic rings. The molecule has 1 fully saturated rings. The third-order valence-corrected chi connectivity index (χ3v) is 3.91. The van der Waals surface area contributed by atoms with Gasteiger partial charge in [-0.25, -0.2) is 9.67 Å². The molecule has 3 rings (SSSR count). The highest BCUT2D eigenvalue weighted by atomic mass is 35.5. The van der Waals surface area contributed by atoms with Crippen LogP contribution >= 0.6 is 11.6 Å². The molecule has 1 aromatic heterocycles. The number of halogens is 1. The summed E-state index contributed by atoms with van der Waals surface area (Å²) in [5, 5.41) is 7.94. The average Bonchev–Trinajstić information content (AvgIpc) is 3.16. The van der Waals surface area contributed by atoms with Crippen LogP contribution in [0.4, 0.5) is 0 Å². The van der Waals surface area contributed by atoms with E-state index in [1.165, 1.54) is 23.6 Å². The maximum absolute atomic E-state index is 11.8. The Morgan fingerprint density at radius 3 is 2.95 bits per heavy atom. The number of nitrogens with zero attached hydrogens (tertiary/aromatic N) is 3. The van der Waals surface area contributed by atoms with Gasteiger partial charge in [0, 0.05) is 28.9 Å². The fourth-order valence-electron chi connectivity index (χ4n) is 2.57. The Balaban J connectivity index is 1.63. The number of amides is 1. The summed E-state index contributed by atoms with van der Waals surface area (Å²) in [5.74, 6) is 0.482. The third-order valence-electron chi connectivity index (χ3n) is 3.67. The lowest BCUT2D eigenvalue weighted by Crippen LogP contribution is -2.31. The molecule has 114 valence electrons. The largest absolute Gasteiger partial charge is 0.350 e. The number of carbonyl (C=O) groups excluding carboxylic acids is 1. The van der Waals surface area contributed by atoms with Gasteiger partial charge in [0.05, 0.1) is 0 Å². The molecule has 0 bridgehead atoms. The van der Waals surface area contributed by atoms with Gasteiger partial charge in [0.25, 0.3) is 0 Å². The molecule has 6 heteroatoms. The SMILES string of the molecule is O=C(C=Cn1cnc(-c2cccc(Cl)c2)n1)NC1CCCC1. The first-order valence-corrected chi connectivity index (χ1v) is 7.74. The predicted octanol–water partition coefficient (Wildman–Crippen LogP) is 3.13. The molecular formula is C16H17ClN4O. The van der Waals surface area contributed by atoms with Crippen molar-refractivity contribution in [2.45, 2.75) is 31.7 Å². The van der Waals surface area contributed by atoms with Crippen LogP contribution in [0.1, 0.15) is 25.7 Å². The predicted molar refractivity (Wildman–Crippen MR) is 86.2 cm³/mol. The van der Waals surface area contributed by atoms with Crippen LogP contribution < -0.4 is 5.32 Å². The van der Waals surface area contributed by atoms with Crippen molar-refractivity contribution in [3.05, 3.63) is 41.7 Å². The molecule has 5 nitrogen and oxygen atoms in total. The Labute approximate surface area is 134 Å². The minimum Gasteiger partial charge on any atom is -0.350 e. The van der Waals surface area contributed by atoms with E-state index >= 15 is 0 Å². The monoisotopic (exact) mass is 316 g/mol. The summed E-state index contributed by atoms with van der Waals surface area (Å²) in [7, 11) is 0. The zero-order valence-corrected chi connectivity index (χ0v) is 12.8. The van der Waals surface area contributed by atoms with Gasteiger partial charge in [0.2, 0.25) is 5.91 Å². The topological polar surface area (TPSA) is 59.8 Å². The number of benzene rings is 1. The molecule has 0 atom stereocenters. The number of rotatable bonds is 4. The van der Waals surface area contributed by atoms with Crippen LogP contribution in [-0.2, 0) is 4.79 Å². The molecule has 0 unspecified atom stereocenters. The number of hydrogen-bond donors (Lipinski definition) is 1. The zero-order valence-electron chi connectivity index (χ0n) is 12.1. The van der Waals surface area contributed by atoms with Crippen molar-refractivity contribution in [2.75, 3.05) is 0 Å². The molecule has 1 aromatic carbocycles. The molecule has 1 heterocycles. The third kappa shape index (κ3) is 3.74. The minimum absolute atomic E-state index is 0.0910. The summed E-state index contributed by atoms with van der Waals surface area (Å²) in [6, 6.07) is 7.66. The van der Waals surface area contributed by atoms with E-state index in [0.29, 0.717) is 16.9 Å². The number of nitrogens with one attached hydrogen (secondary N) is 1. The van der Waals surface area contributed by atoms with Crippen molar-refractivity contribution in [1.82, 2.24) is 20.1 Å². The van der Waals surface area contributed by atoms with Gasteiger partial charge in [-0.3, -0.25) is 4.79 Å². The van der Waals surface area contributed by atoms with Gasteiger partial charge >= 0.3 is 0 Å². The second-order valence-electron chi connectivity index (χ2n) is 5.36. The van der Waals surface area contributed by atoms with Gasteiger partial charge in [0.15, 0.2) is 5.82 Å². The van der Waals surface area contributed by atoms with Crippen LogP contribution in [0, 0.1) is 0 Å². The summed E-state index contributed by atoms with van der Waals surface area (Å²) >= 11 is 5.96. The summed E-state index contributed by atoms with van der Waals surface area (Å²) in [4.78, 5) is 16.0. The van der Waals surface area contributed by atoms with E-state index < -0.39 is 0 Å². The lowest BCUT2D eigenvalue weighted by atomic mass is 10.2. The average molecular weight is 317 g/mol. The second-order valence-corrected chi connectivity index (χ2v) is 5.80. The van der Waals surface area contributed by atoms with E-state index in [2.05, 4.69) is 15.4 Å². The van der Waals surface area contributed by atoms with Crippen LogP contribution in [0.5, 0.6) is 0 Å². The van der Waals surface area contributed by atoms with Crippen LogP contribution in [0.25, 0.3) is 17.6 Å². The van der Waals surface area contributed by atoms with Crippen LogP contribution in [0.15, 0.2) is 36.7 Å². The Bertz CT molecular complexity index is 689. The van der Waals surface area contributed by atoms with E-state index in [-0.39, 0.29) is 5.91 Å².